The zero-order valence-corrected chi connectivity index (χ0v) is 23.5. The second-order valence-electron chi connectivity index (χ2n) is 9.72. The van der Waals surface area contributed by atoms with E-state index in [1.165, 1.54) is 26.4 Å². The number of carbonyl (C=O) groups excluding carboxylic acids is 1. The Kier molecular flexibility index (Phi) is 8.58. The largest absolute Gasteiger partial charge is 0.415 e. The molecule has 0 spiro atoms. The molecule has 1 heterocycles. The van der Waals surface area contributed by atoms with Gasteiger partial charge in [-0.3, -0.25) is 13.7 Å². The molecule has 11 heteroatoms. The maximum Gasteiger partial charge on any atom is 0.337 e. The number of Topliss-reactive ketones (excluding diaryl/α,β-unsaturated/α-hetero) is 1. The lowest BCUT2D eigenvalue weighted by molar-refractivity contribution is -0.114. The van der Waals surface area contributed by atoms with Crippen molar-refractivity contribution in [2.75, 3.05) is 27.0 Å². The highest BCUT2D eigenvalue weighted by atomic mass is 32.2. The molecule has 0 saturated carbocycles. The van der Waals surface area contributed by atoms with E-state index < -0.39 is 43.9 Å². The number of hydrogen-bond acceptors (Lipinski definition) is 7. The van der Waals surface area contributed by atoms with Gasteiger partial charge in [0.2, 0.25) is 0 Å². The van der Waals surface area contributed by atoms with Crippen molar-refractivity contribution in [2.45, 2.75) is 63.2 Å². The lowest BCUT2D eigenvalue weighted by atomic mass is 10.2. The normalized spacial score (nSPS) is 17.9. The van der Waals surface area contributed by atoms with Gasteiger partial charge in [-0.2, -0.15) is 0 Å². The zero-order valence-electron chi connectivity index (χ0n) is 20.7. The summed E-state index contributed by atoms with van der Waals surface area (Å²) in [6, 6.07) is 5.87. The number of hydrogen-bond donors (Lipinski definition) is 0. The molecule has 0 N–H and O–H groups in total. The molecule has 8 nitrogen and oxygen atoms in total. The number of carbonyl (C=O) groups is 1. The topological polar surface area (TPSA) is 99.2 Å². The molecule has 0 radical (unpaired) electrons. The molecule has 1 aliphatic heterocycles. The predicted molar refractivity (Wildman–Crippen MR) is 131 cm³/mol. The van der Waals surface area contributed by atoms with E-state index in [2.05, 4.69) is 33.9 Å². The van der Waals surface area contributed by atoms with Crippen LogP contribution in [0.1, 0.15) is 32.8 Å². The Balaban J connectivity index is 2.43. The smallest absolute Gasteiger partial charge is 0.337 e. The average Bonchev–Trinajstić information content (AvgIpc) is 3.17. The van der Waals surface area contributed by atoms with Crippen LogP contribution in [0.4, 0.5) is 0 Å². The van der Waals surface area contributed by atoms with Gasteiger partial charge in [-0.15, -0.1) is 0 Å². The van der Waals surface area contributed by atoms with Gasteiger partial charge in [0.25, 0.3) is 10.0 Å². The molecule has 0 bridgehead atoms. The first-order valence-corrected chi connectivity index (χ1v) is 16.8. The molecule has 1 aromatic carbocycles. The molecule has 0 amide bonds. The molecular weight excluding hydrogens is 481 g/mol. The molecule has 1 atom stereocenters. The van der Waals surface area contributed by atoms with E-state index in [4.69, 9.17) is 13.5 Å². The van der Waals surface area contributed by atoms with Gasteiger partial charge in [0.1, 0.15) is 6.16 Å². The Morgan fingerprint density at radius 2 is 1.70 bits per heavy atom. The van der Waals surface area contributed by atoms with Crippen LogP contribution in [0.25, 0.3) is 0 Å². The number of aryl methyl sites for hydroxylation is 1. The molecule has 33 heavy (non-hydrogen) atoms. The predicted octanol–water partition coefficient (Wildman–Crippen LogP) is 4.72. The summed E-state index contributed by atoms with van der Waals surface area (Å²) in [6.45, 7) is 12.5. The van der Waals surface area contributed by atoms with E-state index in [9.17, 15) is 17.8 Å². The monoisotopic (exact) mass is 517 g/mol. The number of rotatable bonds is 10. The van der Waals surface area contributed by atoms with Crippen molar-refractivity contribution >= 4 is 31.7 Å². The molecule has 0 aliphatic carbocycles. The summed E-state index contributed by atoms with van der Waals surface area (Å²) in [5, 5.41) is -0.0537. The Labute approximate surface area is 199 Å². The molecule has 186 valence electrons. The first-order chi connectivity index (χ1) is 15.1. The maximum atomic E-state index is 13.7. The molecule has 2 rings (SSSR count). The van der Waals surface area contributed by atoms with E-state index in [0.717, 1.165) is 9.87 Å². The van der Waals surface area contributed by atoms with Gasteiger partial charge in [0, 0.05) is 14.2 Å². The lowest BCUT2D eigenvalue weighted by Crippen LogP contribution is -2.46. The third kappa shape index (κ3) is 6.23. The molecule has 0 unspecified atom stereocenters. The van der Waals surface area contributed by atoms with Gasteiger partial charge < -0.3 is 13.5 Å². The maximum absolute atomic E-state index is 13.7. The third-order valence-corrected chi connectivity index (χ3v) is 14.5. The molecule has 0 fully saturated rings. The van der Waals surface area contributed by atoms with Crippen molar-refractivity contribution < 1.29 is 31.3 Å². The summed E-state index contributed by atoms with van der Waals surface area (Å²) >= 11 is 0. The third-order valence-electron chi connectivity index (χ3n) is 6.35. The van der Waals surface area contributed by atoms with E-state index in [1.54, 1.807) is 18.2 Å². The molecular formula is C22H36NO7PSSi. The zero-order chi connectivity index (χ0) is 25.2. The van der Waals surface area contributed by atoms with Crippen LogP contribution in [0.15, 0.2) is 40.9 Å². The van der Waals surface area contributed by atoms with Gasteiger partial charge in [0.05, 0.1) is 23.2 Å². The molecule has 0 aromatic heterocycles. The van der Waals surface area contributed by atoms with E-state index >= 15 is 0 Å². The van der Waals surface area contributed by atoms with Gasteiger partial charge in [0.15, 0.2) is 14.1 Å². The lowest BCUT2D eigenvalue weighted by Gasteiger charge is -2.38. The molecule has 1 aliphatic rings. The first-order valence-electron chi connectivity index (χ1n) is 10.8. The van der Waals surface area contributed by atoms with Gasteiger partial charge in [-0.25, -0.2) is 8.42 Å². The summed E-state index contributed by atoms with van der Waals surface area (Å²) in [7, 11) is -7.51. The molecule has 1 aromatic rings. The van der Waals surface area contributed by atoms with Crippen LogP contribution in [0.5, 0.6) is 0 Å². The van der Waals surface area contributed by atoms with Crippen molar-refractivity contribution in [3.05, 3.63) is 41.6 Å². The Morgan fingerprint density at radius 1 is 1.15 bits per heavy atom. The van der Waals surface area contributed by atoms with Gasteiger partial charge >= 0.3 is 7.60 Å². The minimum Gasteiger partial charge on any atom is -0.415 e. The van der Waals surface area contributed by atoms with Crippen molar-refractivity contribution in [3.63, 3.8) is 0 Å². The quantitative estimate of drug-likeness (QED) is 0.327. The summed E-state index contributed by atoms with van der Waals surface area (Å²) < 4.78 is 57.1. The Bertz CT molecular complexity index is 1040. The van der Waals surface area contributed by atoms with Crippen LogP contribution < -0.4 is 0 Å². The van der Waals surface area contributed by atoms with Gasteiger partial charge in [-0.05, 0) is 43.6 Å². The summed E-state index contributed by atoms with van der Waals surface area (Å²) in [4.78, 5) is 13.2. The first kappa shape index (κ1) is 27.9. The van der Waals surface area contributed by atoms with Crippen molar-refractivity contribution in [1.29, 1.82) is 0 Å². The highest BCUT2D eigenvalue weighted by molar-refractivity contribution is 7.89. The van der Waals surface area contributed by atoms with E-state index in [1.807, 2.05) is 6.92 Å². The SMILES string of the molecule is COP(=O)(CC(=O)C1=CC[C@@H](CO[Si](C)(C)C(C)(C)C)N1S(=O)(=O)c1ccc(C)cc1)OC. The van der Waals surface area contributed by atoms with Crippen molar-refractivity contribution in [1.82, 2.24) is 4.31 Å². The number of ketones is 1. The van der Waals surface area contributed by atoms with Crippen LogP contribution >= 0.6 is 7.60 Å². The van der Waals surface area contributed by atoms with Crippen LogP contribution in [0.2, 0.25) is 18.1 Å². The molecule has 0 saturated heterocycles. The number of allylic oxidation sites excluding steroid dienone is 1. The van der Waals surface area contributed by atoms with Gasteiger partial charge in [-0.1, -0.05) is 44.5 Å². The second kappa shape index (κ2) is 10.1. The highest BCUT2D eigenvalue weighted by Gasteiger charge is 2.43. The van der Waals surface area contributed by atoms with Crippen LogP contribution in [0, 0.1) is 6.92 Å². The van der Waals surface area contributed by atoms with E-state index in [0.29, 0.717) is 6.42 Å². The minimum atomic E-state index is -4.06. The average molecular weight is 518 g/mol. The van der Waals surface area contributed by atoms with Crippen LogP contribution in [-0.4, -0.2) is 59.9 Å². The summed E-state index contributed by atoms with van der Waals surface area (Å²) in [5.74, 6) is -0.618. The van der Waals surface area contributed by atoms with Crippen molar-refractivity contribution in [2.24, 2.45) is 0 Å². The summed E-state index contributed by atoms with van der Waals surface area (Å²) in [6.07, 6.45) is 1.33. The highest BCUT2D eigenvalue weighted by Crippen LogP contribution is 2.47. The number of benzene rings is 1. The fourth-order valence-electron chi connectivity index (χ4n) is 3.13. The fraction of sp³-hybridized carbons (Fsp3) is 0.591. The summed E-state index contributed by atoms with van der Waals surface area (Å²) in [5.41, 5.74) is 0.884. The van der Waals surface area contributed by atoms with E-state index in [-0.39, 0.29) is 22.2 Å². The Morgan fingerprint density at radius 3 is 2.18 bits per heavy atom. The second-order valence-corrected chi connectivity index (χ2v) is 18.6. The Hall–Kier alpha value is -1.29. The number of nitrogens with zero attached hydrogens (tertiary/aromatic N) is 1. The van der Waals surface area contributed by atoms with Crippen LogP contribution in [-0.2, 0) is 32.9 Å². The van der Waals surface area contributed by atoms with Crippen LogP contribution in [0.3, 0.4) is 0 Å². The standard InChI is InChI=1S/C22H36NO7PSSi/c1-17-9-12-19(13-10-17)32(26,27)23-18(15-30-33(7,8)22(2,3)4)11-14-20(23)21(24)16-31(25,28-5)29-6/h9-10,12-14,18H,11,15-16H2,1-8H3/t18-/m0/s1. The minimum absolute atomic E-state index is 0.0336. The number of sulfonamides is 1. The fourth-order valence-corrected chi connectivity index (χ4v) is 6.78. The van der Waals surface area contributed by atoms with Crippen molar-refractivity contribution in [3.8, 4) is 0 Å².